The van der Waals surface area contributed by atoms with Crippen LogP contribution in [0.5, 0.6) is 5.75 Å². The number of rotatable bonds is 9. The van der Waals surface area contributed by atoms with Crippen molar-refractivity contribution in [1.29, 1.82) is 0 Å². The summed E-state index contributed by atoms with van der Waals surface area (Å²) in [5.41, 5.74) is 3.80. The molecule has 176 valence electrons. The third-order valence-electron chi connectivity index (χ3n) is 5.72. The summed E-state index contributed by atoms with van der Waals surface area (Å²) in [6.45, 7) is 2.95. The van der Waals surface area contributed by atoms with Gasteiger partial charge in [0.25, 0.3) is 5.91 Å². The van der Waals surface area contributed by atoms with Crippen LogP contribution < -0.4 is 4.74 Å². The average molecular weight is 484 g/mol. The molecule has 3 aromatic carbocycles. The molecule has 0 aliphatic rings. The van der Waals surface area contributed by atoms with Crippen LogP contribution in [0.4, 0.5) is 0 Å². The van der Waals surface area contributed by atoms with Crippen LogP contribution in [0.2, 0.25) is 0 Å². The van der Waals surface area contributed by atoms with E-state index in [-0.39, 0.29) is 5.91 Å². The molecule has 0 N–H and O–H groups in total. The molecule has 0 bridgehead atoms. The van der Waals surface area contributed by atoms with Gasteiger partial charge in [0.1, 0.15) is 21.3 Å². The first-order valence-electron chi connectivity index (χ1n) is 11.8. The smallest absolute Gasteiger partial charge is 0.280 e. The first-order chi connectivity index (χ1) is 17.2. The molecule has 0 atom stereocenters. The molecule has 0 saturated carbocycles. The maximum atomic E-state index is 12.9. The second-order valence-electron chi connectivity index (χ2n) is 8.22. The van der Waals surface area contributed by atoms with E-state index in [1.54, 1.807) is 12.1 Å². The maximum absolute atomic E-state index is 12.9. The van der Waals surface area contributed by atoms with E-state index in [0.29, 0.717) is 16.6 Å². The molecule has 2 heterocycles. The lowest BCUT2D eigenvalue weighted by Gasteiger charge is -2.06. The van der Waals surface area contributed by atoms with Gasteiger partial charge in [-0.25, -0.2) is 0 Å². The van der Waals surface area contributed by atoms with Gasteiger partial charge in [-0.05, 0) is 55.0 Å². The van der Waals surface area contributed by atoms with E-state index in [4.69, 9.17) is 4.74 Å². The molecule has 0 unspecified atom stereocenters. The zero-order valence-corrected chi connectivity index (χ0v) is 20.2. The Morgan fingerprint density at radius 1 is 0.829 bits per heavy atom. The number of ether oxygens (including phenoxy) is 1. The van der Waals surface area contributed by atoms with E-state index in [2.05, 4.69) is 27.4 Å². The molecule has 0 fully saturated rings. The van der Waals surface area contributed by atoms with Gasteiger partial charge in [0.05, 0.1) is 12.1 Å². The van der Waals surface area contributed by atoms with E-state index in [9.17, 15) is 4.79 Å². The summed E-state index contributed by atoms with van der Waals surface area (Å²) in [6, 6.07) is 22.7. The molecule has 0 radical (unpaired) electrons. The van der Waals surface area contributed by atoms with Crippen LogP contribution in [0.3, 0.4) is 0 Å². The fourth-order valence-electron chi connectivity index (χ4n) is 3.77. The highest BCUT2D eigenvalue weighted by Crippen LogP contribution is 2.31. The molecule has 7 nitrogen and oxygen atoms in total. The molecule has 8 heteroatoms. The summed E-state index contributed by atoms with van der Waals surface area (Å²) < 4.78 is 7.15. The van der Waals surface area contributed by atoms with Crippen LogP contribution in [0, 0.1) is 0 Å². The maximum Gasteiger partial charge on any atom is 0.280 e. The second-order valence-corrected chi connectivity index (χ2v) is 9.20. The molecular weight excluding hydrogens is 458 g/mol. The van der Waals surface area contributed by atoms with E-state index in [1.807, 2.05) is 60.7 Å². The van der Waals surface area contributed by atoms with Gasteiger partial charge in [0, 0.05) is 16.7 Å². The van der Waals surface area contributed by atoms with Crippen LogP contribution in [-0.2, 0) is 0 Å². The summed E-state index contributed by atoms with van der Waals surface area (Å²) >= 11 is 1.51. The Morgan fingerprint density at radius 2 is 1.51 bits per heavy atom. The second kappa shape index (κ2) is 10.6. The zero-order chi connectivity index (χ0) is 24.0. The summed E-state index contributed by atoms with van der Waals surface area (Å²) in [5.74, 6) is 0.645. The lowest BCUT2D eigenvalue weighted by molar-refractivity contribution is 0.0948. The Hall–Kier alpha value is -3.91. The predicted octanol–water partition coefficient (Wildman–Crippen LogP) is 6.26. The Balaban J connectivity index is 1.25. The number of hydrogen-bond donors (Lipinski definition) is 0. The zero-order valence-electron chi connectivity index (χ0n) is 19.4. The number of fused-ring (bicyclic) bond motifs is 1. The van der Waals surface area contributed by atoms with Gasteiger partial charge in [0.2, 0.25) is 0 Å². The quantitative estimate of drug-likeness (QED) is 0.230. The van der Waals surface area contributed by atoms with E-state index >= 15 is 0 Å². The van der Waals surface area contributed by atoms with Crippen LogP contribution >= 0.6 is 11.3 Å². The van der Waals surface area contributed by atoms with E-state index in [1.165, 1.54) is 35.3 Å². The van der Waals surface area contributed by atoms with Crippen molar-refractivity contribution in [1.82, 2.24) is 25.2 Å². The molecule has 5 rings (SSSR count). The predicted molar refractivity (Wildman–Crippen MR) is 138 cm³/mol. The van der Waals surface area contributed by atoms with Gasteiger partial charge in [-0.15, -0.1) is 15.3 Å². The van der Waals surface area contributed by atoms with Gasteiger partial charge in [0.15, 0.2) is 0 Å². The molecule has 0 aliphatic carbocycles. The van der Waals surface area contributed by atoms with Crippen molar-refractivity contribution in [3.8, 4) is 26.9 Å². The van der Waals surface area contributed by atoms with Crippen LogP contribution in [0.15, 0.2) is 72.8 Å². The van der Waals surface area contributed by atoms with Gasteiger partial charge in [-0.2, -0.15) is 4.68 Å². The lowest BCUT2D eigenvalue weighted by Crippen LogP contribution is -2.13. The average Bonchev–Trinajstić information content (AvgIpc) is 3.57. The monoisotopic (exact) mass is 483 g/mol. The number of nitrogens with zero attached hydrogens (tertiary/aromatic N) is 5. The number of unbranched alkanes of at least 4 members (excludes halogenated alkanes) is 3. The highest BCUT2D eigenvalue weighted by molar-refractivity contribution is 7.17. The Bertz CT molecular complexity index is 1420. The third kappa shape index (κ3) is 5.12. The molecule has 0 aliphatic heterocycles. The SMILES string of the molecule is CCCCCCOc1ccc(-c2nnc(-c3ccc(C(=O)n4nnc5ccccc54)cc3)s2)cc1. The summed E-state index contributed by atoms with van der Waals surface area (Å²) in [5, 5.41) is 18.4. The molecular formula is C27H25N5O2S. The van der Waals surface area contributed by atoms with Gasteiger partial charge in [-0.1, -0.05) is 67.0 Å². The number of carbonyl (C=O) groups excluding carboxylic acids is 1. The largest absolute Gasteiger partial charge is 0.494 e. The van der Waals surface area contributed by atoms with E-state index < -0.39 is 0 Å². The standard InChI is InChI=1S/C27H25N5O2S/c1-2-3-4-7-18-34-22-16-14-20(15-17-22)26-30-29-25(35-26)19-10-12-21(13-11-19)27(33)32-24-9-6-5-8-23(24)28-31-32/h5-6,8-17H,2-4,7,18H2,1H3. The van der Waals surface area contributed by atoms with Crippen molar-refractivity contribution in [2.75, 3.05) is 6.61 Å². The van der Waals surface area contributed by atoms with Crippen LogP contribution in [-0.4, -0.2) is 37.7 Å². The van der Waals surface area contributed by atoms with Crippen molar-refractivity contribution in [3.63, 3.8) is 0 Å². The molecule has 2 aromatic heterocycles. The molecule has 5 aromatic rings. The molecule has 0 saturated heterocycles. The summed E-state index contributed by atoms with van der Waals surface area (Å²) in [4.78, 5) is 12.9. The Kier molecular flexibility index (Phi) is 6.90. The summed E-state index contributed by atoms with van der Waals surface area (Å²) in [7, 11) is 0. The fourth-order valence-corrected chi connectivity index (χ4v) is 4.62. The number of aromatic nitrogens is 5. The van der Waals surface area contributed by atoms with Gasteiger partial charge >= 0.3 is 0 Å². The van der Waals surface area contributed by atoms with Crippen LogP contribution in [0.1, 0.15) is 43.0 Å². The van der Waals surface area contributed by atoms with Gasteiger partial charge < -0.3 is 4.74 Å². The minimum Gasteiger partial charge on any atom is -0.494 e. The third-order valence-corrected chi connectivity index (χ3v) is 6.74. The van der Waals surface area contributed by atoms with Crippen molar-refractivity contribution >= 4 is 28.3 Å². The van der Waals surface area contributed by atoms with Crippen LogP contribution in [0.25, 0.3) is 32.2 Å². The van der Waals surface area contributed by atoms with E-state index in [0.717, 1.165) is 39.9 Å². The minimum absolute atomic E-state index is 0.226. The Labute approximate surface area is 207 Å². The topological polar surface area (TPSA) is 82.8 Å². The first kappa shape index (κ1) is 22.9. The lowest BCUT2D eigenvalue weighted by atomic mass is 10.1. The van der Waals surface area contributed by atoms with Crippen molar-refractivity contribution in [3.05, 3.63) is 78.4 Å². The molecule has 0 spiro atoms. The molecule has 35 heavy (non-hydrogen) atoms. The highest BCUT2D eigenvalue weighted by Gasteiger charge is 2.15. The van der Waals surface area contributed by atoms with Crippen molar-refractivity contribution < 1.29 is 9.53 Å². The highest BCUT2D eigenvalue weighted by atomic mass is 32.1. The number of hydrogen-bond acceptors (Lipinski definition) is 7. The normalized spacial score (nSPS) is 11.1. The minimum atomic E-state index is -0.226. The number of para-hydroxylation sites is 1. The van der Waals surface area contributed by atoms with Crippen molar-refractivity contribution in [2.45, 2.75) is 32.6 Å². The number of benzene rings is 3. The Morgan fingerprint density at radius 3 is 2.23 bits per heavy atom. The van der Waals surface area contributed by atoms with Gasteiger partial charge in [-0.3, -0.25) is 4.79 Å². The van der Waals surface area contributed by atoms with Crippen molar-refractivity contribution in [2.24, 2.45) is 0 Å². The fraction of sp³-hybridized carbons (Fsp3) is 0.222. The molecule has 0 amide bonds. The first-order valence-corrected chi connectivity index (χ1v) is 12.6. The summed E-state index contributed by atoms with van der Waals surface area (Å²) in [6.07, 6.45) is 4.75. The number of carbonyl (C=O) groups is 1.